The van der Waals surface area contributed by atoms with E-state index in [0.29, 0.717) is 32.0 Å². The van der Waals surface area contributed by atoms with Gasteiger partial charge in [-0.15, -0.1) is 0 Å². The van der Waals surface area contributed by atoms with Crippen LogP contribution in [0.15, 0.2) is 0 Å². The lowest BCUT2D eigenvalue weighted by Crippen LogP contribution is -2.35. The Labute approximate surface area is 98.3 Å². The third-order valence-corrected chi connectivity index (χ3v) is 2.98. The highest BCUT2D eigenvalue weighted by Crippen LogP contribution is 2.20. The monoisotopic (exact) mass is 231 g/mol. The van der Waals surface area contributed by atoms with Crippen LogP contribution in [0.3, 0.4) is 0 Å². The van der Waals surface area contributed by atoms with E-state index in [2.05, 4.69) is 12.2 Å². The molecule has 0 spiro atoms. The van der Waals surface area contributed by atoms with Crippen LogP contribution in [0, 0.1) is 0 Å². The Bertz CT molecular complexity index is 158. The molecule has 0 aromatic carbocycles. The van der Waals surface area contributed by atoms with Gasteiger partial charge in [0.1, 0.15) is 0 Å². The fourth-order valence-electron chi connectivity index (χ4n) is 2.16. The maximum absolute atomic E-state index is 8.52. The summed E-state index contributed by atoms with van der Waals surface area (Å²) in [5.41, 5.74) is 0. The summed E-state index contributed by atoms with van der Waals surface area (Å²) in [4.78, 5) is 0. The van der Waals surface area contributed by atoms with Crippen molar-refractivity contribution in [2.24, 2.45) is 0 Å². The van der Waals surface area contributed by atoms with Crippen molar-refractivity contribution in [1.82, 2.24) is 5.32 Å². The average Bonchev–Trinajstić information content (AvgIpc) is 2.31. The molecule has 4 heteroatoms. The predicted molar refractivity (Wildman–Crippen MR) is 63.6 cm³/mol. The zero-order valence-corrected chi connectivity index (χ0v) is 10.3. The van der Waals surface area contributed by atoms with E-state index in [9.17, 15) is 0 Å². The summed E-state index contributed by atoms with van der Waals surface area (Å²) >= 11 is 0. The topological polar surface area (TPSA) is 50.7 Å². The minimum absolute atomic E-state index is 0.0911. The first-order valence-electron chi connectivity index (χ1n) is 6.40. The van der Waals surface area contributed by atoms with Crippen molar-refractivity contribution in [3.05, 3.63) is 0 Å². The van der Waals surface area contributed by atoms with Crippen LogP contribution in [0.25, 0.3) is 0 Å². The molecule has 2 N–H and O–H groups in total. The predicted octanol–water partition coefficient (Wildman–Crippen LogP) is 0.933. The third kappa shape index (κ3) is 5.80. The molecular formula is C12H25NO3. The van der Waals surface area contributed by atoms with Crippen molar-refractivity contribution in [3.63, 3.8) is 0 Å². The lowest BCUT2D eigenvalue weighted by Gasteiger charge is -2.28. The first-order chi connectivity index (χ1) is 7.86. The maximum atomic E-state index is 8.52. The summed E-state index contributed by atoms with van der Waals surface area (Å²) in [6.45, 7) is 4.96. The van der Waals surface area contributed by atoms with Crippen molar-refractivity contribution < 1.29 is 14.6 Å². The van der Waals surface area contributed by atoms with Gasteiger partial charge < -0.3 is 19.9 Å². The molecule has 0 aromatic rings. The van der Waals surface area contributed by atoms with Crippen LogP contribution in [0.1, 0.15) is 32.6 Å². The SMILES string of the molecule is CCNC1CCC(OCCOCCO)CC1. The minimum Gasteiger partial charge on any atom is -0.394 e. The van der Waals surface area contributed by atoms with Crippen LogP contribution in [-0.2, 0) is 9.47 Å². The van der Waals surface area contributed by atoms with E-state index in [1.165, 1.54) is 12.8 Å². The van der Waals surface area contributed by atoms with Gasteiger partial charge in [0.25, 0.3) is 0 Å². The van der Waals surface area contributed by atoms with Gasteiger partial charge in [-0.05, 0) is 32.2 Å². The Morgan fingerprint density at radius 3 is 2.50 bits per heavy atom. The third-order valence-electron chi connectivity index (χ3n) is 2.98. The molecule has 0 amide bonds. The van der Waals surface area contributed by atoms with Crippen molar-refractivity contribution in [2.45, 2.75) is 44.8 Å². The smallest absolute Gasteiger partial charge is 0.0704 e. The summed E-state index contributed by atoms with van der Waals surface area (Å²) in [5, 5.41) is 12.0. The van der Waals surface area contributed by atoms with E-state index in [4.69, 9.17) is 14.6 Å². The Hall–Kier alpha value is -0.160. The highest BCUT2D eigenvalue weighted by Gasteiger charge is 2.20. The molecule has 16 heavy (non-hydrogen) atoms. The first kappa shape index (κ1) is 13.9. The maximum Gasteiger partial charge on any atom is 0.0704 e. The molecule has 0 unspecified atom stereocenters. The summed E-state index contributed by atoms with van der Waals surface area (Å²) in [7, 11) is 0. The second kappa shape index (κ2) is 8.93. The molecule has 1 aliphatic carbocycles. The Balaban J connectivity index is 1.95. The molecule has 0 radical (unpaired) electrons. The van der Waals surface area contributed by atoms with E-state index in [0.717, 1.165) is 19.4 Å². The zero-order valence-electron chi connectivity index (χ0n) is 10.3. The van der Waals surface area contributed by atoms with Gasteiger partial charge in [0.05, 0.1) is 32.5 Å². The number of aliphatic hydroxyl groups excluding tert-OH is 1. The fraction of sp³-hybridized carbons (Fsp3) is 1.00. The highest BCUT2D eigenvalue weighted by molar-refractivity contribution is 4.76. The van der Waals surface area contributed by atoms with Crippen LogP contribution in [-0.4, -0.2) is 50.2 Å². The molecule has 0 aromatic heterocycles. The molecular weight excluding hydrogens is 206 g/mol. The Morgan fingerprint density at radius 2 is 1.88 bits per heavy atom. The van der Waals surface area contributed by atoms with Crippen molar-refractivity contribution in [2.75, 3.05) is 33.0 Å². The molecule has 96 valence electrons. The van der Waals surface area contributed by atoms with Gasteiger partial charge >= 0.3 is 0 Å². The van der Waals surface area contributed by atoms with Gasteiger partial charge in [-0.25, -0.2) is 0 Å². The molecule has 1 saturated carbocycles. The fourth-order valence-corrected chi connectivity index (χ4v) is 2.16. The van der Waals surface area contributed by atoms with Crippen molar-refractivity contribution in [1.29, 1.82) is 0 Å². The molecule has 0 saturated heterocycles. The summed E-state index contributed by atoms with van der Waals surface area (Å²) in [6, 6.07) is 0.690. The number of aliphatic hydroxyl groups is 1. The quantitative estimate of drug-likeness (QED) is 0.610. The molecule has 0 atom stereocenters. The van der Waals surface area contributed by atoms with E-state index < -0.39 is 0 Å². The van der Waals surface area contributed by atoms with Gasteiger partial charge in [0.15, 0.2) is 0 Å². The number of hydrogen-bond acceptors (Lipinski definition) is 4. The van der Waals surface area contributed by atoms with E-state index >= 15 is 0 Å². The van der Waals surface area contributed by atoms with Gasteiger partial charge in [-0.2, -0.15) is 0 Å². The summed E-state index contributed by atoms with van der Waals surface area (Å²) in [6.07, 6.45) is 5.15. The van der Waals surface area contributed by atoms with Crippen LogP contribution in [0.5, 0.6) is 0 Å². The molecule has 1 fully saturated rings. The van der Waals surface area contributed by atoms with Crippen molar-refractivity contribution >= 4 is 0 Å². The number of nitrogens with one attached hydrogen (secondary N) is 1. The lowest BCUT2D eigenvalue weighted by molar-refractivity contribution is -0.0184. The highest BCUT2D eigenvalue weighted by atomic mass is 16.5. The Morgan fingerprint density at radius 1 is 1.12 bits per heavy atom. The van der Waals surface area contributed by atoms with Crippen LogP contribution in [0.2, 0.25) is 0 Å². The first-order valence-corrected chi connectivity index (χ1v) is 6.40. The molecule has 1 aliphatic rings. The van der Waals surface area contributed by atoms with E-state index in [-0.39, 0.29) is 6.61 Å². The summed E-state index contributed by atoms with van der Waals surface area (Å²) in [5.74, 6) is 0. The summed E-state index contributed by atoms with van der Waals surface area (Å²) < 4.78 is 10.9. The van der Waals surface area contributed by atoms with Gasteiger partial charge in [-0.1, -0.05) is 6.92 Å². The van der Waals surface area contributed by atoms with Crippen molar-refractivity contribution in [3.8, 4) is 0 Å². The second-order valence-electron chi connectivity index (χ2n) is 4.24. The zero-order chi connectivity index (χ0) is 11.6. The largest absolute Gasteiger partial charge is 0.394 e. The Kier molecular flexibility index (Phi) is 7.76. The van der Waals surface area contributed by atoms with Crippen LogP contribution >= 0.6 is 0 Å². The number of hydrogen-bond donors (Lipinski definition) is 2. The van der Waals surface area contributed by atoms with E-state index in [1.807, 2.05) is 0 Å². The number of ether oxygens (including phenoxy) is 2. The lowest BCUT2D eigenvalue weighted by atomic mass is 9.93. The standard InChI is InChI=1S/C12H25NO3/c1-2-13-11-3-5-12(6-4-11)16-10-9-15-8-7-14/h11-14H,2-10H2,1H3. The molecule has 0 aliphatic heterocycles. The average molecular weight is 231 g/mol. The normalized spacial score (nSPS) is 25.9. The van der Waals surface area contributed by atoms with Gasteiger partial charge in [0.2, 0.25) is 0 Å². The van der Waals surface area contributed by atoms with Crippen LogP contribution in [0.4, 0.5) is 0 Å². The molecule has 0 bridgehead atoms. The molecule has 0 heterocycles. The van der Waals surface area contributed by atoms with Gasteiger partial charge in [0, 0.05) is 6.04 Å². The molecule has 4 nitrogen and oxygen atoms in total. The number of rotatable bonds is 8. The molecule has 1 rings (SSSR count). The minimum atomic E-state index is 0.0911. The van der Waals surface area contributed by atoms with Crippen LogP contribution < -0.4 is 5.32 Å². The van der Waals surface area contributed by atoms with Gasteiger partial charge in [-0.3, -0.25) is 0 Å². The second-order valence-corrected chi connectivity index (χ2v) is 4.24. The van der Waals surface area contributed by atoms with E-state index in [1.54, 1.807) is 0 Å².